The smallest absolute Gasteiger partial charge is 0.221 e. The third kappa shape index (κ3) is 5.40. The summed E-state index contributed by atoms with van der Waals surface area (Å²) in [5, 5.41) is 3.51. The fourth-order valence-corrected chi connectivity index (χ4v) is 2.89. The molecule has 0 atom stereocenters. The van der Waals surface area contributed by atoms with E-state index in [4.69, 9.17) is 11.6 Å². The molecule has 0 saturated heterocycles. The summed E-state index contributed by atoms with van der Waals surface area (Å²) in [6.07, 6.45) is 0.414. The van der Waals surface area contributed by atoms with Crippen LogP contribution in [-0.4, -0.2) is 11.7 Å². The van der Waals surface area contributed by atoms with E-state index in [2.05, 4.69) is 5.32 Å². The molecule has 110 valence electrons. The zero-order valence-corrected chi connectivity index (χ0v) is 12.9. The van der Waals surface area contributed by atoms with Crippen molar-refractivity contribution in [3.8, 4) is 0 Å². The Balaban J connectivity index is 1.70. The fraction of sp³-hybridized carbons (Fsp3) is 0.188. The highest BCUT2D eigenvalue weighted by atomic mass is 35.5. The number of carbonyl (C=O) groups excluding carboxylic acids is 1. The maximum absolute atomic E-state index is 12.7. The van der Waals surface area contributed by atoms with Gasteiger partial charge in [-0.2, -0.15) is 0 Å². The Bertz CT molecular complexity index is 603. The summed E-state index contributed by atoms with van der Waals surface area (Å²) in [6, 6.07) is 13.7. The largest absolute Gasteiger partial charge is 0.352 e. The Hall–Kier alpha value is -1.52. The summed E-state index contributed by atoms with van der Waals surface area (Å²) in [5.74, 6) is 0.360. The number of hydrogen-bond donors (Lipinski definition) is 1. The molecule has 1 N–H and O–H groups in total. The van der Waals surface area contributed by atoms with E-state index in [1.54, 1.807) is 23.9 Å². The first-order chi connectivity index (χ1) is 10.1. The number of amides is 1. The van der Waals surface area contributed by atoms with Gasteiger partial charge in [0, 0.05) is 23.6 Å². The van der Waals surface area contributed by atoms with Gasteiger partial charge < -0.3 is 5.32 Å². The molecule has 0 bridgehead atoms. The second-order valence-electron chi connectivity index (χ2n) is 4.43. The molecule has 0 aliphatic heterocycles. The second kappa shape index (κ2) is 8.05. The van der Waals surface area contributed by atoms with Gasteiger partial charge in [0.2, 0.25) is 5.91 Å². The van der Waals surface area contributed by atoms with E-state index >= 15 is 0 Å². The predicted molar refractivity (Wildman–Crippen MR) is 85.0 cm³/mol. The molecular weight excluding hydrogens is 309 g/mol. The van der Waals surface area contributed by atoms with Crippen LogP contribution in [0.5, 0.6) is 0 Å². The highest BCUT2D eigenvalue weighted by Gasteiger charge is 2.04. The van der Waals surface area contributed by atoms with Crippen molar-refractivity contribution in [2.24, 2.45) is 0 Å². The van der Waals surface area contributed by atoms with Crippen LogP contribution in [0, 0.1) is 5.82 Å². The molecule has 2 nitrogen and oxygen atoms in total. The van der Waals surface area contributed by atoms with Crippen LogP contribution in [0.3, 0.4) is 0 Å². The Morgan fingerprint density at radius 2 is 1.86 bits per heavy atom. The van der Waals surface area contributed by atoms with Gasteiger partial charge in [-0.05, 0) is 29.8 Å². The third-order valence-corrected chi connectivity index (χ3v) is 4.34. The van der Waals surface area contributed by atoms with Crippen LogP contribution in [0.2, 0.25) is 5.02 Å². The van der Waals surface area contributed by atoms with E-state index in [0.717, 1.165) is 10.5 Å². The Morgan fingerprint density at radius 1 is 1.14 bits per heavy atom. The first-order valence-corrected chi connectivity index (χ1v) is 7.90. The summed E-state index contributed by atoms with van der Waals surface area (Å²) in [7, 11) is 0. The number of hydrogen-bond acceptors (Lipinski definition) is 2. The van der Waals surface area contributed by atoms with E-state index < -0.39 is 0 Å². The number of halogens is 2. The van der Waals surface area contributed by atoms with Gasteiger partial charge in [-0.1, -0.05) is 35.9 Å². The standard InChI is InChI=1S/C16H15ClFNOS/c17-14-3-1-2-4-15(14)21-10-9-16(20)19-11-12-5-7-13(18)8-6-12/h1-8H,9-11H2,(H,19,20). The Labute approximate surface area is 132 Å². The van der Waals surface area contributed by atoms with Crippen molar-refractivity contribution in [1.82, 2.24) is 5.32 Å². The molecule has 0 saturated carbocycles. The van der Waals surface area contributed by atoms with Crippen molar-refractivity contribution in [3.63, 3.8) is 0 Å². The summed E-state index contributed by atoms with van der Waals surface area (Å²) in [4.78, 5) is 12.7. The van der Waals surface area contributed by atoms with Gasteiger partial charge in [0.25, 0.3) is 0 Å². The lowest BCUT2D eigenvalue weighted by Crippen LogP contribution is -2.22. The zero-order valence-electron chi connectivity index (χ0n) is 11.3. The molecule has 0 radical (unpaired) electrons. The Morgan fingerprint density at radius 3 is 2.57 bits per heavy atom. The van der Waals surface area contributed by atoms with Gasteiger partial charge in [0.05, 0.1) is 5.02 Å². The topological polar surface area (TPSA) is 29.1 Å². The monoisotopic (exact) mass is 323 g/mol. The molecule has 0 aliphatic rings. The Kier molecular flexibility index (Phi) is 6.08. The number of nitrogens with one attached hydrogen (secondary N) is 1. The van der Waals surface area contributed by atoms with Crippen LogP contribution < -0.4 is 5.32 Å². The van der Waals surface area contributed by atoms with Gasteiger partial charge in [0.1, 0.15) is 5.82 Å². The fourth-order valence-electron chi connectivity index (χ4n) is 1.71. The van der Waals surface area contributed by atoms with E-state index in [1.807, 2.05) is 24.3 Å². The molecule has 0 unspecified atom stereocenters. The van der Waals surface area contributed by atoms with Gasteiger partial charge in [-0.15, -0.1) is 11.8 Å². The lowest BCUT2D eigenvalue weighted by atomic mass is 10.2. The minimum absolute atomic E-state index is 0.0288. The van der Waals surface area contributed by atoms with Crippen LogP contribution in [0.1, 0.15) is 12.0 Å². The number of thioether (sulfide) groups is 1. The number of rotatable bonds is 6. The molecule has 21 heavy (non-hydrogen) atoms. The molecule has 2 aromatic carbocycles. The summed E-state index contributed by atoms with van der Waals surface area (Å²) in [5.41, 5.74) is 0.878. The highest BCUT2D eigenvalue weighted by Crippen LogP contribution is 2.26. The maximum atomic E-state index is 12.7. The van der Waals surface area contributed by atoms with Crippen LogP contribution in [0.15, 0.2) is 53.4 Å². The van der Waals surface area contributed by atoms with E-state index in [-0.39, 0.29) is 11.7 Å². The van der Waals surface area contributed by atoms with E-state index in [9.17, 15) is 9.18 Å². The first kappa shape index (κ1) is 15.9. The molecule has 5 heteroatoms. The van der Waals surface area contributed by atoms with Gasteiger partial charge in [-0.3, -0.25) is 4.79 Å². The first-order valence-electron chi connectivity index (χ1n) is 6.53. The van der Waals surface area contributed by atoms with E-state index in [1.165, 1.54) is 12.1 Å². The van der Waals surface area contributed by atoms with Crippen molar-refractivity contribution < 1.29 is 9.18 Å². The molecule has 1 amide bonds. The molecule has 0 aromatic heterocycles. The number of benzene rings is 2. The lowest BCUT2D eigenvalue weighted by Gasteiger charge is -2.06. The predicted octanol–water partition coefficient (Wildman–Crippen LogP) is 4.28. The SMILES string of the molecule is O=C(CCSc1ccccc1Cl)NCc1ccc(F)cc1. The van der Waals surface area contributed by atoms with Crippen molar-refractivity contribution in [2.45, 2.75) is 17.9 Å². The van der Waals surface area contributed by atoms with Crippen LogP contribution in [0.4, 0.5) is 4.39 Å². The van der Waals surface area contributed by atoms with Gasteiger partial charge in [-0.25, -0.2) is 4.39 Å². The normalized spacial score (nSPS) is 10.4. The van der Waals surface area contributed by atoms with Crippen LogP contribution in [0.25, 0.3) is 0 Å². The lowest BCUT2D eigenvalue weighted by molar-refractivity contribution is -0.120. The molecule has 0 heterocycles. The van der Waals surface area contributed by atoms with Gasteiger partial charge >= 0.3 is 0 Å². The average Bonchev–Trinajstić information content (AvgIpc) is 2.49. The molecule has 2 aromatic rings. The molecule has 0 aliphatic carbocycles. The molecular formula is C16H15ClFNOS. The van der Waals surface area contributed by atoms with Crippen molar-refractivity contribution >= 4 is 29.3 Å². The summed E-state index contributed by atoms with van der Waals surface area (Å²) < 4.78 is 12.7. The zero-order chi connectivity index (χ0) is 15.1. The molecule has 0 spiro atoms. The average molecular weight is 324 g/mol. The quantitative estimate of drug-likeness (QED) is 0.804. The highest BCUT2D eigenvalue weighted by molar-refractivity contribution is 7.99. The summed E-state index contributed by atoms with van der Waals surface area (Å²) in [6.45, 7) is 0.413. The third-order valence-electron chi connectivity index (χ3n) is 2.83. The number of carbonyl (C=O) groups is 1. The van der Waals surface area contributed by atoms with Crippen molar-refractivity contribution in [3.05, 3.63) is 64.9 Å². The second-order valence-corrected chi connectivity index (χ2v) is 5.98. The van der Waals surface area contributed by atoms with E-state index in [0.29, 0.717) is 23.7 Å². The minimum Gasteiger partial charge on any atom is -0.352 e. The van der Waals surface area contributed by atoms with Crippen LogP contribution >= 0.6 is 23.4 Å². The minimum atomic E-state index is -0.277. The molecule has 0 fully saturated rings. The van der Waals surface area contributed by atoms with Crippen LogP contribution in [-0.2, 0) is 11.3 Å². The molecule has 2 rings (SSSR count). The van der Waals surface area contributed by atoms with Crippen molar-refractivity contribution in [1.29, 1.82) is 0 Å². The summed E-state index contributed by atoms with van der Waals surface area (Å²) >= 11 is 7.60. The van der Waals surface area contributed by atoms with Crippen molar-refractivity contribution in [2.75, 3.05) is 5.75 Å². The van der Waals surface area contributed by atoms with Gasteiger partial charge in [0.15, 0.2) is 0 Å². The maximum Gasteiger partial charge on any atom is 0.221 e.